The van der Waals surface area contributed by atoms with Crippen LogP contribution >= 0.6 is 0 Å². The number of aliphatic carboxylic acids is 1. The normalized spacial score (nSPS) is 32.2. The number of benzene rings is 1. The van der Waals surface area contributed by atoms with Crippen LogP contribution in [0.5, 0.6) is 0 Å². The molecule has 1 amide bonds. The fourth-order valence-corrected chi connectivity index (χ4v) is 3.68. The smallest absolute Gasteiger partial charge is 0.308 e. The van der Waals surface area contributed by atoms with Gasteiger partial charge in [0.1, 0.15) is 0 Å². The highest BCUT2D eigenvalue weighted by Gasteiger charge is 2.51. The first-order valence-corrected chi connectivity index (χ1v) is 6.75. The van der Waals surface area contributed by atoms with Gasteiger partial charge in [-0.05, 0) is 43.2 Å². The molecule has 3 rings (SSSR count). The standard InChI is InChI=1S/C15H17NO3/c17-14(9-4-2-1-3-5-9)16-13-11-7-6-10(8-11)12(13)15(18)19/h1-5,10-13H,6-8H2,(H,16,17)(H,18,19)/t10-,11-,12+,13-/m0/s1. The Bertz CT molecular complexity index is 499. The van der Waals surface area contributed by atoms with Gasteiger partial charge in [-0.15, -0.1) is 0 Å². The van der Waals surface area contributed by atoms with E-state index in [0.29, 0.717) is 11.5 Å². The Morgan fingerprint density at radius 2 is 1.79 bits per heavy atom. The van der Waals surface area contributed by atoms with Gasteiger partial charge in [-0.2, -0.15) is 0 Å². The zero-order valence-corrected chi connectivity index (χ0v) is 10.6. The molecule has 0 heterocycles. The number of rotatable bonds is 3. The van der Waals surface area contributed by atoms with Crippen LogP contribution in [0.15, 0.2) is 30.3 Å². The number of nitrogens with one attached hydrogen (secondary N) is 1. The minimum Gasteiger partial charge on any atom is -0.481 e. The third-order valence-corrected chi connectivity index (χ3v) is 4.54. The van der Waals surface area contributed by atoms with Gasteiger partial charge in [-0.25, -0.2) is 0 Å². The molecule has 0 aromatic heterocycles. The Morgan fingerprint density at radius 3 is 2.47 bits per heavy atom. The molecule has 0 unspecified atom stereocenters. The molecule has 0 radical (unpaired) electrons. The summed E-state index contributed by atoms with van der Waals surface area (Å²) in [5, 5.41) is 12.3. The lowest BCUT2D eigenvalue weighted by Crippen LogP contribution is -2.46. The van der Waals surface area contributed by atoms with Crippen molar-refractivity contribution in [3.8, 4) is 0 Å². The first-order valence-electron chi connectivity index (χ1n) is 6.75. The monoisotopic (exact) mass is 259 g/mol. The van der Waals surface area contributed by atoms with E-state index in [4.69, 9.17) is 0 Å². The fraction of sp³-hybridized carbons (Fsp3) is 0.467. The molecule has 2 bridgehead atoms. The van der Waals surface area contributed by atoms with Crippen LogP contribution in [0.4, 0.5) is 0 Å². The molecule has 2 aliphatic rings. The number of carbonyl (C=O) groups is 2. The van der Waals surface area contributed by atoms with Gasteiger partial charge in [-0.1, -0.05) is 18.2 Å². The minimum atomic E-state index is -0.773. The first-order chi connectivity index (χ1) is 9.16. The molecule has 1 aromatic rings. The first kappa shape index (κ1) is 12.2. The van der Waals surface area contributed by atoms with Crippen LogP contribution in [-0.4, -0.2) is 23.0 Å². The van der Waals surface area contributed by atoms with E-state index in [0.717, 1.165) is 19.3 Å². The Labute approximate surface area is 111 Å². The van der Waals surface area contributed by atoms with E-state index >= 15 is 0 Å². The molecular formula is C15H17NO3. The molecule has 2 saturated carbocycles. The van der Waals surface area contributed by atoms with Crippen molar-refractivity contribution in [3.05, 3.63) is 35.9 Å². The fourth-order valence-electron chi connectivity index (χ4n) is 3.68. The summed E-state index contributed by atoms with van der Waals surface area (Å²) < 4.78 is 0. The minimum absolute atomic E-state index is 0.163. The van der Waals surface area contributed by atoms with Crippen molar-refractivity contribution in [2.45, 2.75) is 25.3 Å². The SMILES string of the molecule is O=C(N[C@H]1[C@H]2CC[C@@H](C2)[C@H]1C(=O)O)c1ccccc1. The van der Waals surface area contributed by atoms with Crippen LogP contribution in [0, 0.1) is 17.8 Å². The van der Waals surface area contributed by atoms with Crippen LogP contribution in [0.2, 0.25) is 0 Å². The molecule has 100 valence electrons. The molecular weight excluding hydrogens is 242 g/mol. The summed E-state index contributed by atoms with van der Waals surface area (Å²) in [4.78, 5) is 23.5. The zero-order chi connectivity index (χ0) is 13.4. The summed E-state index contributed by atoms with van der Waals surface area (Å²) >= 11 is 0. The average Bonchev–Trinajstić information content (AvgIpc) is 3.00. The molecule has 0 aliphatic heterocycles. The van der Waals surface area contributed by atoms with Crippen molar-refractivity contribution in [1.29, 1.82) is 0 Å². The Balaban J connectivity index is 1.76. The molecule has 2 fully saturated rings. The summed E-state index contributed by atoms with van der Waals surface area (Å²) in [5.74, 6) is -0.774. The van der Waals surface area contributed by atoms with Crippen LogP contribution in [-0.2, 0) is 4.79 Å². The molecule has 2 aliphatic carbocycles. The van der Waals surface area contributed by atoms with Gasteiger partial charge in [0.05, 0.1) is 5.92 Å². The Hall–Kier alpha value is -1.84. The lowest BCUT2D eigenvalue weighted by molar-refractivity contribution is -0.144. The van der Waals surface area contributed by atoms with Gasteiger partial charge < -0.3 is 10.4 Å². The van der Waals surface area contributed by atoms with E-state index in [2.05, 4.69) is 5.32 Å². The predicted octanol–water partition coefficient (Wildman–Crippen LogP) is 1.92. The Kier molecular flexibility index (Phi) is 3.01. The molecule has 4 heteroatoms. The maximum absolute atomic E-state index is 12.1. The highest BCUT2D eigenvalue weighted by atomic mass is 16.4. The lowest BCUT2D eigenvalue weighted by atomic mass is 9.84. The second-order valence-corrected chi connectivity index (χ2v) is 5.56. The highest BCUT2D eigenvalue weighted by molar-refractivity contribution is 5.94. The van der Waals surface area contributed by atoms with Crippen LogP contribution in [0.3, 0.4) is 0 Å². The average molecular weight is 259 g/mol. The lowest BCUT2D eigenvalue weighted by Gasteiger charge is -2.28. The van der Waals surface area contributed by atoms with E-state index in [1.54, 1.807) is 12.1 Å². The maximum atomic E-state index is 12.1. The largest absolute Gasteiger partial charge is 0.481 e. The van der Waals surface area contributed by atoms with Gasteiger partial charge in [0.15, 0.2) is 0 Å². The summed E-state index contributed by atoms with van der Waals surface area (Å²) in [5.41, 5.74) is 0.592. The third-order valence-electron chi connectivity index (χ3n) is 4.54. The number of carboxylic acids is 1. The van der Waals surface area contributed by atoms with Gasteiger partial charge in [0, 0.05) is 11.6 Å². The van der Waals surface area contributed by atoms with Crippen molar-refractivity contribution in [2.24, 2.45) is 17.8 Å². The van der Waals surface area contributed by atoms with Crippen molar-refractivity contribution < 1.29 is 14.7 Å². The van der Waals surface area contributed by atoms with E-state index in [9.17, 15) is 14.7 Å². The van der Waals surface area contributed by atoms with E-state index < -0.39 is 11.9 Å². The van der Waals surface area contributed by atoms with Crippen molar-refractivity contribution in [2.75, 3.05) is 0 Å². The molecule has 0 saturated heterocycles. The van der Waals surface area contributed by atoms with E-state index in [1.165, 1.54) is 0 Å². The second-order valence-electron chi connectivity index (χ2n) is 5.56. The molecule has 4 atom stereocenters. The molecule has 1 aromatic carbocycles. The number of hydrogen-bond acceptors (Lipinski definition) is 2. The molecule has 0 spiro atoms. The number of carboxylic acid groups (broad SMARTS) is 1. The van der Waals surface area contributed by atoms with Crippen molar-refractivity contribution in [3.63, 3.8) is 0 Å². The van der Waals surface area contributed by atoms with Gasteiger partial charge in [0.25, 0.3) is 5.91 Å². The predicted molar refractivity (Wildman–Crippen MR) is 69.7 cm³/mol. The van der Waals surface area contributed by atoms with Gasteiger partial charge in [-0.3, -0.25) is 9.59 Å². The van der Waals surface area contributed by atoms with E-state index in [1.807, 2.05) is 18.2 Å². The number of fused-ring (bicyclic) bond motifs is 2. The quantitative estimate of drug-likeness (QED) is 0.871. The van der Waals surface area contributed by atoms with Crippen LogP contribution in [0.1, 0.15) is 29.6 Å². The van der Waals surface area contributed by atoms with Crippen molar-refractivity contribution in [1.82, 2.24) is 5.32 Å². The summed E-state index contributed by atoms with van der Waals surface area (Å²) in [6.07, 6.45) is 2.96. The maximum Gasteiger partial charge on any atom is 0.308 e. The highest BCUT2D eigenvalue weighted by Crippen LogP contribution is 2.48. The summed E-state index contributed by atoms with van der Waals surface area (Å²) in [6.45, 7) is 0. The van der Waals surface area contributed by atoms with Gasteiger partial charge >= 0.3 is 5.97 Å². The van der Waals surface area contributed by atoms with Crippen LogP contribution in [0.25, 0.3) is 0 Å². The van der Waals surface area contributed by atoms with Crippen molar-refractivity contribution >= 4 is 11.9 Å². The molecule has 4 nitrogen and oxygen atoms in total. The topological polar surface area (TPSA) is 66.4 Å². The van der Waals surface area contributed by atoms with Crippen LogP contribution < -0.4 is 5.32 Å². The molecule has 2 N–H and O–H groups in total. The Morgan fingerprint density at radius 1 is 1.11 bits per heavy atom. The summed E-state index contributed by atoms with van der Waals surface area (Å²) in [6, 6.07) is 8.77. The number of carbonyl (C=O) groups excluding carboxylic acids is 1. The number of amides is 1. The second kappa shape index (κ2) is 4.68. The zero-order valence-electron chi connectivity index (χ0n) is 10.6. The van der Waals surface area contributed by atoms with Gasteiger partial charge in [0.2, 0.25) is 0 Å². The third kappa shape index (κ3) is 2.11. The van der Waals surface area contributed by atoms with E-state index in [-0.39, 0.29) is 17.9 Å². The summed E-state index contributed by atoms with van der Waals surface area (Å²) in [7, 11) is 0. The number of hydrogen-bond donors (Lipinski definition) is 2. The molecule has 19 heavy (non-hydrogen) atoms.